The highest BCUT2D eigenvalue weighted by Crippen LogP contribution is 2.38. The van der Waals surface area contributed by atoms with Gasteiger partial charge in [0.15, 0.2) is 8.32 Å². The van der Waals surface area contributed by atoms with E-state index in [2.05, 4.69) is 38.8 Å². The minimum absolute atomic E-state index is 0.0569. The van der Waals surface area contributed by atoms with E-state index >= 15 is 0 Å². The van der Waals surface area contributed by atoms with Gasteiger partial charge >= 0.3 is 0 Å². The van der Waals surface area contributed by atoms with Gasteiger partial charge in [0.2, 0.25) is 10.0 Å². The lowest BCUT2D eigenvalue weighted by Crippen LogP contribution is -2.40. The summed E-state index contributed by atoms with van der Waals surface area (Å²) in [5.74, 6) is -0.333. The number of aromatic nitrogens is 1. The fourth-order valence-corrected chi connectivity index (χ4v) is 4.61. The summed E-state index contributed by atoms with van der Waals surface area (Å²) in [5, 5.41) is 15.8. The van der Waals surface area contributed by atoms with Crippen molar-refractivity contribution in [1.82, 2.24) is 4.98 Å². The standard InChI is InChI=1S/C14H28N2O4S2Si/c1-13(2,3)23(6,7)20-8-10-12(14(4,5)17)21-11(16-10)9-22(15,18)19/h17H,8-9H2,1-7H3,(H2,15,18,19). The minimum atomic E-state index is -3.66. The van der Waals surface area contributed by atoms with Crippen molar-refractivity contribution in [3.8, 4) is 0 Å². The van der Waals surface area contributed by atoms with E-state index in [4.69, 9.17) is 9.56 Å². The first-order valence-corrected chi connectivity index (χ1v) is 12.8. The Hall–Kier alpha value is -0.323. The fourth-order valence-electron chi connectivity index (χ4n) is 1.68. The molecule has 1 aromatic rings. The first-order chi connectivity index (χ1) is 10.0. The number of rotatable bonds is 6. The van der Waals surface area contributed by atoms with Crippen LogP contribution in [0.4, 0.5) is 0 Å². The van der Waals surface area contributed by atoms with Crippen molar-refractivity contribution < 1.29 is 18.0 Å². The Balaban J connectivity index is 3.10. The quantitative estimate of drug-likeness (QED) is 0.739. The Labute approximate surface area is 144 Å². The van der Waals surface area contributed by atoms with Crippen LogP contribution in [0.5, 0.6) is 0 Å². The van der Waals surface area contributed by atoms with Gasteiger partial charge in [-0.05, 0) is 32.0 Å². The number of hydrogen-bond donors (Lipinski definition) is 2. The molecular formula is C14H28N2O4S2Si. The van der Waals surface area contributed by atoms with Crippen LogP contribution < -0.4 is 5.14 Å². The van der Waals surface area contributed by atoms with Crippen molar-refractivity contribution in [3.05, 3.63) is 15.6 Å². The molecule has 0 saturated heterocycles. The highest BCUT2D eigenvalue weighted by Gasteiger charge is 2.38. The molecule has 0 radical (unpaired) electrons. The van der Waals surface area contributed by atoms with Crippen molar-refractivity contribution in [3.63, 3.8) is 0 Å². The Morgan fingerprint density at radius 3 is 2.17 bits per heavy atom. The lowest BCUT2D eigenvalue weighted by molar-refractivity contribution is 0.0798. The topological polar surface area (TPSA) is 103 Å². The van der Waals surface area contributed by atoms with E-state index in [1.165, 1.54) is 11.3 Å². The number of aliphatic hydroxyl groups is 1. The molecule has 23 heavy (non-hydrogen) atoms. The molecule has 1 heterocycles. The number of thiazole rings is 1. The molecule has 0 spiro atoms. The maximum atomic E-state index is 11.3. The third-order valence-corrected chi connectivity index (χ3v) is 10.7. The zero-order valence-corrected chi connectivity index (χ0v) is 17.6. The fraction of sp³-hybridized carbons (Fsp3) is 0.786. The van der Waals surface area contributed by atoms with Crippen LogP contribution in [-0.2, 0) is 32.4 Å². The number of primary sulfonamides is 1. The zero-order valence-electron chi connectivity index (χ0n) is 14.9. The molecule has 3 N–H and O–H groups in total. The van der Waals surface area contributed by atoms with Gasteiger partial charge in [-0.3, -0.25) is 0 Å². The molecule has 1 rings (SSSR count). The van der Waals surface area contributed by atoms with Gasteiger partial charge in [-0.25, -0.2) is 18.5 Å². The van der Waals surface area contributed by atoms with Crippen molar-refractivity contribution in [2.24, 2.45) is 5.14 Å². The molecule has 0 fully saturated rings. The molecule has 0 aliphatic rings. The summed E-state index contributed by atoms with van der Waals surface area (Å²) in [5.41, 5.74) is -0.522. The highest BCUT2D eigenvalue weighted by molar-refractivity contribution is 7.88. The molecule has 0 aromatic carbocycles. The average molecular weight is 381 g/mol. The summed E-state index contributed by atoms with van der Waals surface area (Å²) < 4.78 is 28.7. The number of nitrogens with two attached hydrogens (primary N) is 1. The van der Waals surface area contributed by atoms with Crippen LogP contribution in [0.1, 0.15) is 50.2 Å². The summed E-state index contributed by atoms with van der Waals surface area (Å²) in [6.07, 6.45) is 0. The Bertz CT molecular complexity index is 655. The zero-order chi connectivity index (χ0) is 18.3. The summed E-state index contributed by atoms with van der Waals surface area (Å²) in [6, 6.07) is 0. The van der Waals surface area contributed by atoms with Gasteiger partial charge in [0.1, 0.15) is 10.8 Å². The van der Waals surface area contributed by atoms with Crippen LogP contribution in [-0.4, -0.2) is 26.8 Å². The Morgan fingerprint density at radius 1 is 1.26 bits per heavy atom. The lowest BCUT2D eigenvalue weighted by Gasteiger charge is -2.36. The second kappa shape index (κ2) is 6.53. The summed E-state index contributed by atoms with van der Waals surface area (Å²) in [4.78, 5) is 4.96. The van der Waals surface area contributed by atoms with E-state index in [1.54, 1.807) is 13.8 Å². The van der Waals surface area contributed by atoms with E-state index in [-0.39, 0.29) is 17.4 Å². The van der Waals surface area contributed by atoms with Crippen molar-refractivity contribution in [2.45, 2.75) is 70.7 Å². The van der Waals surface area contributed by atoms with Crippen molar-refractivity contribution >= 4 is 29.7 Å². The predicted octanol–water partition coefficient (Wildman–Crippen LogP) is 2.68. The maximum absolute atomic E-state index is 11.3. The summed E-state index contributed by atoms with van der Waals surface area (Å²) in [6.45, 7) is 14.3. The summed E-state index contributed by atoms with van der Waals surface area (Å²) >= 11 is 1.17. The van der Waals surface area contributed by atoms with Gasteiger partial charge in [0.05, 0.1) is 22.8 Å². The van der Waals surface area contributed by atoms with E-state index < -0.39 is 23.9 Å². The van der Waals surface area contributed by atoms with Gasteiger partial charge in [-0.2, -0.15) is 0 Å². The van der Waals surface area contributed by atoms with Gasteiger partial charge in [-0.1, -0.05) is 20.8 Å². The van der Waals surface area contributed by atoms with Gasteiger partial charge in [-0.15, -0.1) is 11.3 Å². The van der Waals surface area contributed by atoms with E-state index in [1.807, 2.05) is 0 Å². The van der Waals surface area contributed by atoms with Crippen molar-refractivity contribution in [1.29, 1.82) is 0 Å². The predicted molar refractivity (Wildman–Crippen MR) is 96.2 cm³/mol. The highest BCUT2D eigenvalue weighted by atomic mass is 32.2. The second-order valence-corrected chi connectivity index (χ2v) is 15.3. The second-order valence-electron chi connectivity index (χ2n) is 7.80. The molecule has 0 atom stereocenters. The largest absolute Gasteiger partial charge is 0.411 e. The van der Waals surface area contributed by atoms with Gasteiger partial charge in [0.25, 0.3) is 0 Å². The SMILES string of the molecule is CC(C)(O)c1sc(CS(N)(=O)=O)nc1CO[Si](C)(C)C(C)(C)C. The molecule has 0 bridgehead atoms. The third kappa shape index (κ3) is 5.91. The van der Waals surface area contributed by atoms with Crippen LogP contribution in [0.25, 0.3) is 0 Å². The smallest absolute Gasteiger partial charge is 0.215 e. The van der Waals surface area contributed by atoms with E-state index in [0.29, 0.717) is 15.6 Å². The molecule has 0 unspecified atom stereocenters. The summed E-state index contributed by atoms with van der Waals surface area (Å²) in [7, 11) is -5.63. The number of sulfonamides is 1. The molecule has 1 aromatic heterocycles. The molecule has 0 saturated carbocycles. The van der Waals surface area contributed by atoms with Crippen LogP contribution in [0.2, 0.25) is 18.1 Å². The monoisotopic (exact) mass is 380 g/mol. The normalized spacial score (nSPS) is 14.3. The molecular weight excluding hydrogens is 352 g/mol. The molecule has 6 nitrogen and oxygen atoms in total. The first kappa shape index (κ1) is 20.7. The van der Waals surface area contributed by atoms with E-state index in [9.17, 15) is 13.5 Å². The van der Waals surface area contributed by atoms with Gasteiger partial charge in [0, 0.05) is 0 Å². The Morgan fingerprint density at radius 2 is 1.78 bits per heavy atom. The first-order valence-electron chi connectivity index (χ1n) is 7.39. The molecule has 0 aliphatic carbocycles. The molecule has 134 valence electrons. The van der Waals surface area contributed by atoms with Crippen LogP contribution in [0.15, 0.2) is 0 Å². The maximum Gasteiger partial charge on any atom is 0.215 e. The number of hydrogen-bond acceptors (Lipinski definition) is 6. The van der Waals surface area contributed by atoms with Gasteiger partial charge < -0.3 is 9.53 Å². The molecule has 0 aliphatic heterocycles. The average Bonchev–Trinajstić information content (AvgIpc) is 2.65. The molecule has 0 amide bonds. The van der Waals surface area contributed by atoms with Crippen LogP contribution in [0.3, 0.4) is 0 Å². The number of nitrogens with zero attached hydrogens (tertiary/aromatic N) is 1. The van der Waals surface area contributed by atoms with E-state index in [0.717, 1.165) is 0 Å². The molecule has 9 heteroatoms. The van der Waals surface area contributed by atoms with Crippen LogP contribution in [0, 0.1) is 0 Å². The minimum Gasteiger partial charge on any atom is -0.411 e. The Kier molecular flexibility index (Phi) is 5.88. The van der Waals surface area contributed by atoms with Crippen molar-refractivity contribution in [2.75, 3.05) is 0 Å². The third-order valence-electron chi connectivity index (χ3n) is 4.00. The lowest BCUT2D eigenvalue weighted by atomic mass is 10.1. The van der Waals surface area contributed by atoms with Crippen LogP contribution >= 0.6 is 11.3 Å².